The fraction of sp³-hybridized carbons (Fsp3) is 0.533. The molecule has 2 rings (SSSR count). The van der Waals surface area contributed by atoms with E-state index in [4.69, 9.17) is 0 Å². The number of aromatic amines is 1. The second kappa shape index (κ2) is 7.50. The van der Waals surface area contributed by atoms with Crippen molar-refractivity contribution >= 4 is 11.8 Å². The SMILES string of the molecule is C=CC(=O)NCCC(=O)N1CCC(c2ncc(C(F)(F)F)[nH]2)CC1. The second-order valence-electron chi connectivity index (χ2n) is 5.58. The van der Waals surface area contributed by atoms with E-state index in [1.54, 1.807) is 4.90 Å². The number of carbonyl (C=O) groups is 2. The summed E-state index contributed by atoms with van der Waals surface area (Å²) in [6, 6.07) is 0. The van der Waals surface area contributed by atoms with Crippen molar-refractivity contribution in [2.45, 2.75) is 31.4 Å². The Labute approximate surface area is 137 Å². The van der Waals surface area contributed by atoms with Gasteiger partial charge in [0.15, 0.2) is 0 Å². The van der Waals surface area contributed by atoms with Gasteiger partial charge in [-0.25, -0.2) is 4.98 Å². The van der Waals surface area contributed by atoms with Crippen LogP contribution in [0.25, 0.3) is 0 Å². The van der Waals surface area contributed by atoms with Crippen LogP contribution >= 0.6 is 0 Å². The maximum Gasteiger partial charge on any atom is 0.432 e. The summed E-state index contributed by atoms with van der Waals surface area (Å²) in [4.78, 5) is 30.8. The third kappa shape index (κ3) is 4.59. The van der Waals surface area contributed by atoms with E-state index in [0.717, 1.165) is 12.3 Å². The first-order chi connectivity index (χ1) is 11.3. The zero-order valence-electron chi connectivity index (χ0n) is 13.0. The van der Waals surface area contributed by atoms with Crippen LogP contribution < -0.4 is 5.32 Å². The molecule has 0 radical (unpaired) electrons. The van der Waals surface area contributed by atoms with Crippen molar-refractivity contribution in [3.63, 3.8) is 0 Å². The number of likely N-dealkylation sites (tertiary alicyclic amines) is 1. The number of halogens is 3. The molecule has 2 N–H and O–H groups in total. The van der Waals surface area contributed by atoms with Crippen LogP contribution in [-0.2, 0) is 15.8 Å². The van der Waals surface area contributed by atoms with Gasteiger partial charge in [-0.15, -0.1) is 0 Å². The van der Waals surface area contributed by atoms with Crippen molar-refractivity contribution in [2.75, 3.05) is 19.6 Å². The first-order valence-electron chi connectivity index (χ1n) is 7.61. The summed E-state index contributed by atoms with van der Waals surface area (Å²) in [5.74, 6) is -0.230. The van der Waals surface area contributed by atoms with Crippen LogP contribution in [0.2, 0.25) is 0 Å². The lowest BCUT2D eigenvalue weighted by Crippen LogP contribution is -2.39. The number of piperidine rings is 1. The predicted molar refractivity (Wildman–Crippen MR) is 80.0 cm³/mol. The van der Waals surface area contributed by atoms with Gasteiger partial charge in [-0.3, -0.25) is 9.59 Å². The van der Waals surface area contributed by atoms with Crippen molar-refractivity contribution in [1.82, 2.24) is 20.2 Å². The van der Waals surface area contributed by atoms with Gasteiger partial charge >= 0.3 is 6.18 Å². The van der Waals surface area contributed by atoms with E-state index in [2.05, 4.69) is 21.9 Å². The topological polar surface area (TPSA) is 78.1 Å². The van der Waals surface area contributed by atoms with Gasteiger partial charge in [0, 0.05) is 32.0 Å². The predicted octanol–water partition coefficient (Wildman–Crippen LogP) is 1.83. The number of H-pyrrole nitrogens is 1. The molecule has 6 nitrogen and oxygen atoms in total. The van der Waals surface area contributed by atoms with Crippen molar-refractivity contribution in [3.05, 3.63) is 30.4 Å². The normalized spacial score (nSPS) is 16.0. The average Bonchev–Trinajstić information content (AvgIpc) is 3.05. The molecule has 0 bridgehead atoms. The highest BCUT2D eigenvalue weighted by Crippen LogP contribution is 2.31. The van der Waals surface area contributed by atoms with E-state index in [9.17, 15) is 22.8 Å². The van der Waals surface area contributed by atoms with E-state index >= 15 is 0 Å². The lowest BCUT2D eigenvalue weighted by Gasteiger charge is -2.31. The molecular formula is C15H19F3N4O2. The quantitative estimate of drug-likeness (QED) is 0.800. The molecule has 132 valence electrons. The third-order valence-corrected chi connectivity index (χ3v) is 3.96. The van der Waals surface area contributed by atoms with Gasteiger partial charge < -0.3 is 15.2 Å². The Morgan fingerprint density at radius 3 is 2.62 bits per heavy atom. The van der Waals surface area contributed by atoms with Gasteiger partial charge in [-0.1, -0.05) is 6.58 Å². The molecule has 0 spiro atoms. The molecule has 1 aromatic rings. The fourth-order valence-corrected chi connectivity index (χ4v) is 2.61. The zero-order valence-corrected chi connectivity index (χ0v) is 13.0. The third-order valence-electron chi connectivity index (χ3n) is 3.96. The minimum absolute atomic E-state index is 0.0896. The Bertz CT molecular complexity index is 604. The van der Waals surface area contributed by atoms with Crippen LogP contribution in [0.4, 0.5) is 13.2 Å². The number of alkyl halides is 3. The Morgan fingerprint density at radius 2 is 2.08 bits per heavy atom. The molecule has 0 aromatic carbocycles. The van der Waals surface area contributed by atoms with Crippen LogP contribution in [0.1, 0.15) is 36.7 Å². The molecule has 2 heterocycles. The molecule has 2 amide bonds. The smallest absolute Gasteiger partial charge is 0.352 e. The van der Waals surface area contributed by atoms with Crippen molar-refractivity contribution in [1.29, 1.82) is 0 Å². The fourth-order valence-electron chi connectivity index (χ4n) is 2.61. The molecule has 0 saturated carbocycles. The summed E-state index contributed by atoms with van der Waals surface area (Å²) < 4.78 is 37.7. The van der Waals surface area contributed by atoms with Crippen molar-refractivity contribution < 1.29 is 22.8 Å². The van der Waals surface area contributed by atoms with E-state index in [0.29, 0.717) is 31.8 Å². The maximum absolute atomic E-state index is 12.6. The minimum Gasteiger partial charge on any atom is -0.352 e. The molecule has 0 unspecified atom stereocenters. The number of carbonyl (C=O) groups excluding carboxylic acids is 2. The molecule has 1 aromatic heterocycles. The molecule has 0 atom stereocenters. The van der Waals surface area contributed by atoms with Gasteiger partial charge in [0.1, 0.15) is 11.5 Å². The van der Waals surface area contributed by atoms with Crippen molar-refractivity contribution in [3.8, 4) is 0 Å². The van der Waals surface area contributed by atoms with Gasteiger partial charge in [0.05, 0.1) is 6.20 Å². The first-order valence-corrected chi connectivity index (χ1v) is 7.61. The van der Waals surface area contributed by atoms with Gasteiger partial charge in [-0.2, -0.15) is 13.2 Å². The van der Waals surface area contributed by atoms with E-state index < -0.39 is 11.9 Å². The average molecular weight is 344 g/mol. The summed E-state index contributed by atoms with van der Waals surface area (Å²) in [6.45, 7) is 4.47. The van der Waals surface area contributed by atoms with Gasteiger partial charge in [0.2, 0.25) is 11.8 Å². The lowest BCUT2D eigenvalue weighted by atomic mass is 9.96. The second-order valence-corrected chi connectivity index (χ2v) is 5.58. The van der Waals surface area contributed by atoms with Crippen LogP contribution in [0.3, 0.4) is 0 Å². The molecular weight excluding hydrogens is 325 g/mol. The monoisotopic (exact) mass is 344 g/mol. The first kappa shape index (κ1) is 18.0. The van der Waals surface area contributed by atoms with E-state index in [1.807, 2.05) is 0 Å². The number of aromatic nitrogens is 2. The number of hydrogen-bond donors (Lipinski definition) is 2. The molecule has 0 aliphatic carbocycles. The highest BCUT2D eigenvalue weighted by Gasteiger charge is 2.34. The molecule has 1 saturated heterocycles. The molecule has 1 fully saturated rings. The Kier molecular flexibility index (Phi) is 5.63. The number of imidazole rings is 1. The molecule has 24 heavy (non-hydrogen) atoms. The maximum atomic E-state index is 12.6. The van der Waals surface area contributed by atoms with Gasteiger partial charge in [0.25, 0.3) is 0 Å². The molecule has 1 aliphatic rings. The Hall–Kier alpha value is -2.32. The standard InChI is InChI=1S/C15H19F3N4O2/c1-2-12(23)19-6-3-13(24)22-7-4-10(5-8-22)14-20-9-11(21-14)15(16,17)18/h2,9-10H,1,3-8H2,(H,19,23)(H,20,21). The van der Waals surface area contributed by atoms with Crippen molar-refractivity contribution in [2.24, 2.45) is 0 Å². The lowest BCUT2D eigenvalue weighted by molar-refractivity contribution is -0.141. The zero-order chi connectivity index (χ0) is 17.7. The number of rotatable bonds is 5. The number of nitrogens with one attached hydrogen (secondary N) is 2. The molecule has 9 heteroatoms. The van der Waals surface area contributed by atoms with E-state index in [-0.39, 0.29) is 30.7 Å². The highest BCUT2D eigenvalue weighted by molar-refractivity contribution is 5.87. The number of amides is 2. The van der Waals surface area contributed by atoms with Crippen LogP contribution in [0.5, 0.6) is 0 Å². The minimum atomic E-state index is -4.43. The number of nitrogens with zero attached hydrogens (tertiary/aromatic N) is 2. The Morgan fingerprint density at radius 1 is 1.42 bits per heavy atom. The highest BCUT2D eigenvalue weighted by atomic mass is 19.4. The van der Waals surface area contributed by atoms with Crippen LogP contribution in [0.15, 0.2) is 18.9 Å². The van der Waals surface area contributed by atoms with Crippen LogP contribution in [-0.4, -0.2) is 46.3 Å². The Balaban J connectivity index is 1.80. The largest absolute Gasteiger partial charge is 0.432 e. The summed E-state index contributed by atoms with van der Waals surface area (Å²) in [5, 5.41) is 2.53. The summed E-state index contributed by atoms with van der Waals surface area (Å²) >= 11 is 0. The summed E-state index contributed by atoms with van der Waals surface area (Å²) in [6.07, 6.45) is -1.21. The molecule has 1 aliphatic heterocycles. The van der Waals surface area contributed by atoms with E-state index in [1.165, 1.54) is 0 Å². The number of hydrogen-bond acceptors (Lipinski definition) is 3. The summed E-state index contributed by atoms with van der Waals surface area (Å²) in [5.41, 5.74) is -0.853. The summed E-state index contributed by atoms with van der Waals surface area (Å²) in [7, 11) is 0. The van der Waals surface area contributed by atoms with Crippen LogP contribution in [0, 0.1) is 0 Å². The van der Waals surface area contributed by atoms with Gasteiger partial charge in [-0.05, 0) is 18.9 Å².